The van der Waals surface area contributed by atoms with E-state index in [1.165, 1.54) is 6.07 Å². The van der Waals surface area contributed by atoms with Crippen LogP contribution in [0.1, 0.15) is 5.69 Å². The summed E-state index contributed by atoms with van der Waals surface area (Å²) in [6.07, 6.45) is 2.59. The van der Waals surface area contributed by atoms with Crippen LogP contribution in [0.15, 0.2) is 36.5 Å². The van der Waals surface area contributed by atoms with E-state index in [0.29, 0.717) is 12.2 Å². The van der Waals surface area contributed by atoms with E-state index in [1.807, 2.05) is 23.9 Å². The van der Waals surface area contributed by atoms with Crippen LogP contribution in [0, 0.1) is 5.82 Å². The van der Waals surface area contributed by atoms with Gasteiger partial charge in [-0.3, -0.25) is 4.68 Å². The van der Waals surface area contributed by atoms with Crippen molar-refractivity contribution in [2.45, 2.75) is 6.42 Å². The molecule has 0 aliphatic carbocycles. The average Bonchev–Trinajstić information content (AvgIpc) is 2.67. The molecule has 0 radical (unpaired) electrons. The Labute approximate surface area is 93.9 Å². The highest BCUT2D eigenvalue weighted by atomic mass is 19.1. The predicted molar refractivity (Wildman–Crippen MR) is 61.8 cm³/mol. The lowest BCUT2D eigenvalue weighted by atomic mass is 10.2. The number of nitrogens with zero attached hydrogens (tertiary/aromatic N) is 2. The van der Waals surface area contributed by atoms with Gasteiger partial charge in [0.1, 0.15) is 5.82 Å². The Morgan fingerprint density at radius 3 is 2.81 bits per heavy atom. The summed E-state index contributed by atoms with van der Waals surface area (Å²) >= 11 is 0. The molecule has 16 heavy (non-hydrogen) atoms. The van der Waals surface area contributed by atoms with Crippen LogP contribution in [-0.4, -0.2) is 16.3 Å². The fraction of sp³-hybridized carbons (Fsp3) is 0.250. The fourth-order valence-corrected chi connectivity index (χ4v) is 1.58. The van der Waals surface area contributed by atoms with Crippen LogP contribution in [0.3, 0.4) is 0 Å². The van der Waals surface area contributed by atoms with Gasteiger partial charge in [-0.1, -0.05) is 12.1 Å². The van der Waals surface area contributed by atoms with E-state index in [-0.39, 0.29) is 5.82 Å². The molecule has 0 bridgehead atoms. The molecule has 4 heteroatoms. The van der Waals surface area contributed by atoms with Crippen LogP contribution in [0.5, 0.6) is 0 Å². The van der Waals surface area contributed by atoms with Gasteiger partial charge in [0.05, 0.1) is 5.69 Å². The molecule has 0 aliphatic heterocycles. The number of para-hydroxylation sites is 1. The fourth-order valence-electron chi connectivity index (χ4n) is 1.58. The van der Waals surface area contributed by atoms with Crippen LogP contribution in [0.4, 0.5) is 10.1 Å². The minimum atomic E-state index is -0.215. The lowest BCUT2D eigenvalue weighted by Gasteiger charge is -2.07. The number of aromatic nitrogens is 2. The maximum atomic E-state index is 13.3. The highest BCUT2D eigenvalue weighted by Gasteiger charge is 2.01. The van der Waals surface area contributed by atoms with Crippen molar-refractivity contribution in [3.05, 3.63) is 48.0 Å². The molecule has 2 aromatic rings. The van der Waals surface area contributed by atoms with Crippen molar-refractivity contribution in [2.24, 2.45) is 7.05 Å². The lowest BCUT2D eigenvalue weighted by Crippen LogP contribution is -2.09. The third-order valence-corrected chi connectivity index (χ3v) is 2.49. The second-order valence-corrected chi connectivity index (χ2v) is 3.60. The molecule has 84 valence electrons. The van der Waals surface area contributed by atoms with Crippen molar-refractivity contribution in [2.75, 3.05) is 11.9 Å². The molecule has 0 fully saturated rings. The summed E-state index contributed by atoms with van der Waals surface area (Å²) < 4.78 is 15.1. The highest BCUT2D eigenvalue weighted by Crippen LogP contribution is 2.12. The Hall–Kier alpha value is -1.84. The summed E-state index contributed by atoms with van der Waals surface area (Å²) in [5, 5.41) is 7.14. The molecule has 1 aromatic carbocycles. The van der Waals surface area contributed by atoms with E-state index in [9.17, 15) is 4.39 Å². The molecule has 0 aliphatic rings. The van der Waals surface area contributed by atoms with Crippen LogP contribution in [0.2, 0.25) is 0 Å². The summed E-state index contributed by atoms with van der Waals surface area (Å²) in [6, 6.07) is 8.64. The average molecular weight is 219 g/mol. The molecule has 0 amide bonds. The normalized spacial score (nSPS) is 10.4. The first kappa shape index (κ1) is 10.7. The predicted octanol–water partition coefficient (Wildman–Crippen LogP) is 2.21. The Bertz CT molecular complexity index is 465. The second-order valence-electron chi connectivity index (χ2n) is 3.60. The lowest BCUT2D eigenvalue weighted by molar-refractivity contribution is 0.629. The zero-order valence-electron chi connectivity index (χ0n) is 9.15. The molecule has 2 rings (SSSR count). The second kappa shape index (κ2) is 4.79. The first-order valence-electron chi connectivity index (χ1n) is 5.22. The Morgan fingerprint density at radius 2 is 2.12 bits per heavy atom. The summed E-state index contributed by atoms with van der Waals surface area (Å²) in [5.74, 6) is -0.215. The van der Waals surface area contributed by atoms with Gasteiger partial charge in [-0.2, -0.15) is 5.10 Å². The van der Waals surface area contributed by atoms with E-state index in [1.54, 1.807) is 18.3 Å². The number of benzene rings is 1. The van der Waals surface area contributed by atoms with Crippen molar-refractivity contribution >= 4 is 5.69 Å². The van der Waals surface area contributed by atoms with Crippen molar-refractivity contribution in [1.82, 2.24) is 9.78 Å². The van der Waals surface area contributed by atoms with Crippen molar-refractivity contribution < 1.29 is 4.39 Å². The number of aryl methyl sites for hydroxylation is 1. The van der Waals surface area contributed by atoms with Gasteiger partial charge in [-0.05, 0) is 18.2 Å². The molecular weight excluding hydrogens is 205 g/mol. The van der Waals surface area contributed by atoms with E-state index < -0.39 is 0 Å². The van der Waals surface area contributed by atoms with Gasteiger partial charge in [0, 0.05) is 31.9 Å². The molecule has 0 unspecified atom stereocenters. The van der Waals surface area contributed by atoms with Crippen LogP contribution >= 0.6 is 0 Å². The van der Waals surface area contributed by atoms with E-state index in [2.05, 4.69) is 10.4 Å². The van der Waals surface area contributed by atoms with Gasteiger partial charge in [0.2, 0.25) is 0 Å². The number of anilines is 1. The van der Waals surface area contributed by atoms with E-state index >= 15 is 0 Å². The number of rotatable bonds is 4. The molecule has 0 spiro atoms. The molecular formula is C12H14FN3. The standard InChI is InChI=1S/C12H14FN3/c1-16-10(7-9-15-16)6-8-14-12-5-3-2-4-11(12)13/h2-5,7,9,14H,6,8H2,1H3. The summed E-state index contributed by atoms with van der Waals surface area (Å²) in [6.45, 7) is 0.695. The molecule has 1 heterocycles. The third kappa shape index (κ3) is 2.39. The number of hydrogen-bond donors (Lipinski definition) is 1. The zero-order valence-corrected chi connectivity index (χ0v) is 9.15. The Balaban J connectivity index is 1.89. The summed E-state index contributed by atoms with van der Waals surface area (Å²) in [7, 11) is 1.90. The van der Waals surface area contributed by atoms with Crippen molar-refractivity contribution in [3.8, 4) is 0 Å². The SMILES string of the molecule is Cn1nccc1CCNc1ccccc1F. The van der Waals surface area contributed by atoms with E-state index in [0.717, 1.165) is 12.1 Å². The molecule has 3 nitrogen and oxygen atoms in total. The van der Waals surface area contributed by atoms with Gasteiger partial charge in [0.15, 0.2) is 0 Å². The largest absolute Gasteiger partial charge is 0.382 e. The summed E-state index contributed by atoms with van der Waals surface area (Å²) in [5.41, 5.74) is 1.67. The van der Waals surface area contributed by atoms with Gasteiger partial charge >= 0.3 is 0 Å². The zero-order chi connectivity index (χ0) is 11.4. The quantitative estimate of drug-likeness (QED) is 0.854. The monoisotopic (exact) mass is 219 g/mol. The van der Waals surface area contributed by atoms with Crippen LogP contribution in [-0.2, 0) is 13.5 Å². The Morgan fingerprint density at radius 1 is 1.31 bits per heavy atom. The van der Waals surface area contributed by atoms with Gasteiger partial charge < -0.3 is 5.32 Å². The first-order chi connectivity index (χ1) is 7.77. The van der Waals surface area contributed by atoms with Crippen LogP contribution in [0.25, 0.3) is 0 Å². The smallest absolute Gasteiger partial charge is 0.146 e. The van der Waals surface area contributed by atoms with E-state index in [4.69, 9.17) is 0 Å². The first-order valence-corrected chi connectivity index (χ1v) is 5.22. The minimum Gasteiger partial charge on any atom is -0.382 e. The minimum absolute atomic E-state index is 0.215. The Kier molecular flexibility index (Phi) is 3.19. The third-order valence-electron chi connectivity index (χ3n) is 2.49. The van der Waals surface area contributed by atoms with Crippen molar-refractivity contribution in [3.63, 3.8) is 0 Å². The molecule has 0 atom stereocenters. The maximum Gasteiger partial charge on any atom is 0.146 e. The number of hydrogen-bond acceptors (Lipinski definition) is 2. The number of nitrogens with one attached hydrogen (secondary N) is 1. The molecule has 0 saturated carbocycles. The maximum absolute atomic E-state index is 13.3. The summed E-state index contributed by atoms with van der Waals surface area (Å²) in [4.78, 5) is 0. The van der Waals surface area contributed by atoms with Crippen LogP contribution < -0.4 is 5.32 Å². The van der Waals surface area contributed by atoms with Gasteiger partial charge in [-0.25, -0.2) is 4.39 Å². The van der Waals surface area contributed by atoms with Gasteiger partial charge in [-0.15, -0.1) is 0 Å². The molecule has 1 aromatic heterocycles. The highest BCUT2D eigenvalue weighted by molar-refractivity contribution is 5.44. The molecule has 0 saturated heterocycles. The van der Waals surface area contributed by atoms with Gasteiger partial charge in [0.25, 0.3) is 0 Å². The molecule has 1 N–H and O–H groups in total. The van der Waals surface area contributed by atoms with Crippen molar-refractivity contribution in [1.29, 1.82) is 0 Å². The number of halogens is 1. The topological polar surface area (TPSA) is 29.9 Å².